The Morgan fingerprint density at radius 3 is 2.68 bits per heavy atom. The molecule has 0 N–H and O–H groups in total. The highest BCUT2D eigenvalue weighted by atomic mass is 35.5. The predicted octanol–water partition coefficient (Wildman–Crippen LogP) is 2.28. The van der Waals surface area contributed by atoms with Crippen LogP contribution < -0.4 is 4.90 Å². The van der Waals surface area contributed by atoms with Gasteiger partial charge in [0.2, 0.25) is 0 Å². The fourth-order valence-corrected chi connectivity index (χ4v) is 2.45. The minimum Gasteiger partial charge on any atom is -0.377 e. The van der Waals surface area contributed by atoms with Crippen LogP contribution in [0.15, 0.2) is 18.3 Å². The number of piperazine rings is 1. The minimum atomic E-state index is 0.314. The molecule has 1 aliphatic rings. The molecule has 0 aliphatic carbocycles. The van der Waals surface area contributed by atoms with Gasteiger partial charge in [0.15, 0.2) is 0 Å². The van der Waals surface area contributed by atoms with E-state index < -0.39 is 0 Å². The molecule has 1 aromatic heterocycles. The van der Waals surface area contributed by atoms with E-state index in [1.54, 1.807) is 6.20 Å². The fraction of sp³-hybridized carbons (Fsp3) is 0.643. The summed E-state index contributed by atoms with van der Waals surface area (Å²) >= 11 is 6.17. The van der Waals surface area contributed by atoms with E-state index in [4.69, 9.17) is 16.3 Å². The zero-order valence-corrected chi connectivity index (χ0v) is 12.4. The standard InChI is InChI=1S/C14H22ClN3O/c1-12(2)19-11-10-17-6-8-18(9-7-17)14-13(15)4-3-5-16-14/h3-5,12H,6-11H2,1-2H3. The minimum absolute atomic E-state index is 0.314. The van der Waals surface area contributed by atoms with Crippen LogP contribution in [0.1, 0.15) is 13.8 Å². The topological polar surface area (TPSA) is 28.6 Å². The van der Waals surface area contributed by atoms with Crippen LogP contribution >= 0.6 is 11.6 Å². The Morgan fingerprint density at radius 2 is 2.05 bits per heavy atom. The second kappa shape index (κ2) is 7.08. The van der Waals surface area contributed by atoms with E-state index >= 15 is 0 Å². The monoisotopic (exact) mass is 283 g/mol. The van der Waals surface area contributed by atoms with E-state index in [0.29, 0.717) is 6.10 Å². The van der Waals surface area contributed by atoms with Gasteiger partial charge in [-0.15, -0.1) is 0 Å². The van der Waals surface area contributed by atoms with Crippen LogP contribution in [0, 0.1) is 0 Å². The number of anilines is 1. The Kier molecular flexibility index (Phi) is 5.43. The first-order chi connectivity index (χ1) is 9.16. The summed E-state index contributed by atoms with van der Waals surface area (Å²) < 4.78 is 5.59. The molecule has 0 spiro atoms. The van der Waals surface area contributed by atoms with Crippen molar-refractivity contribution in [2.45, 2.75) is 20.0 Å². The lowest BCUT2D eigenvalue weighted by molar-refractivity contribution is 0.0578. The van der Waals surface area contributed by atoms with Gasteiger partial charge in [0.25, 0.3) is 0 Å². The van der Waals surface area contributed by atoms with Crippen LogP contribution in [0.5, 0.6) is 0 Å². The second-order valence-corrected chi connectivity index (χ2v) is 5.46. The van der Waals surface area contributed by atoms with Crippen LogP contribution in [0.4, 0.5) is 5.82 Å². The quantitative estimate of drug-likeness (QED) is 0.829. The number of pyridine rings is 1. The molecule has 0 saturated carbocycles. The summed E-state index contributed by atoms with van der Waals surface area (Å²) in [6, 6.07) is 3.76. The van der Waals surface area contributed by atoms with E-state index in [-0.39, 0.29) is 0 Å². The maximum absolute atomic E-state index is 6.17. The lowest BCUT2D eigenvalue weighted by Gasteiger charge is -2.35. The third kappa shape index (κ3) is 4.34. The van der Waals surface area contributed by atoms with Gasteiger partial charge in [0.1, 0.15) is 5.82 Å². The molecule has 0 amide bonds. The number of hydrogen-bond acceptors (Lipinski definition) is 4. The smallest absolute Gasteiger partial charge is 0.147 e. The fourth-order valence-electron chi connectivity index (χ4n) is 2.21. The first-order valence-electron chi connectivity index (χ1n) is 6.86. The van der Waals surface area contributed by atoms with Gasteiger partial charge in [-0.25, -0.2) is 4.98 Å². The largest absolute Gasteiger partial charge is 0.377 e. The third-order valence-electron chi connectivity index (χ3n) is 3.27. The molecule has 1 aliphatic heterocycles. The van der Waals surface area contributed by atoms with Crippen molar-refractivity contribution >= 4 is 17.4 Å². The van der Waals surface area contributed by atoms with Crippen molar-refractivity contribution < 1.29 is 4.74 Å². The molecule has 0 aromatic carbocycles. The van der Waals surface area contributed by atoms with Gasteiger partial charge in [0.05, 0.1) is 17.7 Å². The molecule has 2 rings (SSSR count). The second-order valence-electron chi connectivity index (χ2n) is 5.06. The predicted molar refractivity (Wildman–Crippen MR) is 79.0 cm³/mol. The zero-order chi connectivity index (χ0) is 13.7. The van der Waals surface area contributed by atoms with E-state index in [2.05, 4.69) is 28.6 Å². The van der Waals surface area contributed by atoms with Crippen LogP contribution in [-0.2, 0) is 4.74 Å². The number of nitrogens with zero attached hydrogens (tertiary/aromatic N) is 3. The molecule has 2 heterocycles. The first kappa shape index (κ1) is 14.6. The molecule has 0 atom stereocenters. The Hall–Kier alpha value is -0.840. The maximum atomic E-state index is 6.17. The number of halogens is 1. The summed E-state index contributed by atoms with van der Waals surface area (Å²) in [5.74, 6) is 0.905. The van der Waals surface area contributed by atoms with E-state index in [1.165, 1.54) is 0 Å². The Bertz CT molecular complexity index is 392. The van der Waals surface area contributed by atoms with E-state index in [0.717, 1.165) is 50.2 Å². The summed E-state index contributed by atoms with van der Waals surface area (Å²) in [5.41, 5.74) is 0. The molecule has 1 aromatic rings. The van der Waals surface area contributed by atoms with Gasteiger partial charge in [-0.2, -0.15) is 0 Å². The summed E-state index contributed by atoms with van der Waals surface area (Å²) in [6.07, 6.45) is 2.11. The van der Waals surface area contributed by atoms with Gasteiger partial charge < -0.3 is 9.64 Å². The Labute approximate surface area is 120 Å². The van der Waals surface area contributed by atoms with Gasteiger partial charge in [-0.1, -0.05) is 11.6 Å². The lowest BCUT2D eigenvalue weighted by atomic mass is 10.3. The average molecular weight is 284 g/mol. The molecule has 0 radical (unpaired) electrons. The molecule has 4 nitrogen and oxygen atoms in total. The van der Waals surface area contributed by atoms with Crippen molar-refractivity contribution in [3.63, 3.8) is 0 Å². The highest BCUT2D eigenvalue weighted by Gasteiger charge is 2.19. The van der Waals surface area contributed by atoms with E-state index in [1.807, 2.05) is 12.1 Å². The highest BCUT2D eigenvalue weighted by Crippen LogP contribution is 2.23. The SMILES string of the molecule is CC(C)OCCN1CCN(c2ncccc2Cl)CC1. The molecule has 19 heavy (non-hydrogen) atoms. The van der Waals surface area contributed by atoms with Crippen molar-refractivity contribution in [1.82, 2.24) is 9.88 Å². The highest BCUT2D eigenvalue weighted by molar-refractivity contribution is 6.32. The van der Waals surface area contributed by atoms with Gasteiger partial charge >= 0.3 is 0 Å². The summed E-state index contributed by atoms with van der Waals surface area (Å²) in [5, 5.41) is 0.735. The third-order valence-corrected chi connectivity index (χ3v) is 3.56. The Balaban J connectivity index is 1.78. The molecular formula is C14H22ClN3O. The molecule has 5 heteroatoms. The molecule has 0 bridgehead atoms. The van der Waals surface area contributed by atoms with Crippen LogP contribution in [0.3, 0.4) is 0 Å². The number of ether oxygens (including phenoxy) is 1. The van der Waals surface area contributed by atoms with Crippen molar-refractivity contribution in [3.8, 4) is 0 Å². The molecule has 1 fully saturated rings. The van der Waals surface area contributed by atoms with Gasteiger partial charge in [0, 0.05) is 38.9 Å². The normalized spacial score (nSPS) is 17.2. The van der Waals surface area contributed by atoms with Gasteiger partial charge in [-0.05, 0) is 26.0 Å². The van der Waals surface area contributed by atoms with Crippen molar-refractivity contribution in [2.75, 3.05) is 44.2 Å². The zero-order valence-electron chi connectivity index (χ0n) is 11.7. The van der Waals surface area contributed by atoms with Crippen LogP contribution in [0.25, 0.3) is 0 Å². The van der Waals surface area contributed by atoms with Crippen molar-refractivity contribution in [3.05, 3.63) is 23.4 Å². The maximum Gasteiger partial charge on any atom is 0.147 e. The lowest BCUT2D eigenvalue weighted by Crippen LogP contribution is -2.47. The molecule has 1 saturated heterocycles. The van der Waals surface area contributed by atoms with Crippen molar-refractivity contribution in [1.29, 1.82) is 0 Å². The number of aromatic nitrogens is 1. The number of hydrogen-bond donors (Lipinski definition) is 0. The molecular weight excluding hydrogens is 262 g/mol. The van der Waals surface area contributed by atoms with Gasteiger partial charge in [-0.3, -0.25) is 4.90 Å². The van der Waals surface area contributed by atoms with E-state index in [9.17, 15) is 0 Å². The molecule has 0 unspecified atom stereocenters. The summed E-state index contributed by atoms with van der Waals surface area (Å²) in [4.78, 5) is 9.04. The van der Waals surface area contributed by atoms with Crippen LogP contribution in [-0.4, -0.2) is 55.3 Å². The van der Waals surface area contributed by atoms with Crippen molar-refractivity contribution in [2.24, 2.45) is 0 Å². The first-order valence-corrected chi connectivity index (χ1v) is 7.24. The summed E-state index contributed by atoms with van der Waals surface area (Å²) in [7, 11) is 0. The number of rotatable bonds is 5. The average Bonchev–Trinajstić information content (AvgIpc) is 2.40. The Morgan fingerprint density at radius 1 is 1.32 bits per heavy atom. The summed E-state index contributed by atoms with van der Waals surface area (Å²) in [6.45, 7) is 9.96. The van der Waals surface area contributed by atoms with Crippen LogP contribution in [0.2, 0.25) is 5.02 Å². The molecule has 106 valence electrons.